The number of benzene rings is 1. The molecule has 0 spiro atoms. The molecule has 1 saturated carbocycles. The Labute approximate surface area is 170 Å². The van der Waals surface area contributed by atoms with Gasteiger partial charge in [0.25, 0.3) is 5.56 Å². The maximum Gasteiger partial charge on any atom is 0.417 e. The van der Waals surface area contributed by atoms with E-state index in [4.69, 9.17) is 0 Å². The number of pyridine rings is 1. The molecule has 158 valence electrons. The molecule has 1 fully saturated rings. The van der Waals surface area contributed by atoms with Crippen molar-refractivity contribution in [2.45, 2.75) is 44.4 Å². The summed E-state index contributed by atoms with van der Waals surface area (Å²) in [7, 11) is 1.47. The summed E-state index contributed by atoms with van der Waals surface area (Å²) in [4.78, 5) is 25.1. The number of hydrogen-bond acceptors (Lipinski definition) is 3. The van der Waals surface area contributed by atoms with Crippen LogP contribution in [-0.4, -0.2) is 26.3 Å². The molecule has 3 aromatic rings. The summed E-state index contributed by atoms with van der Waals surface area (Å²) < 4.78 is 43.7. The normalized spacial score (nSPS) is 15.1. The van der Waals surface area contributed by atoms with Crippen LogP contribution in [0.1, 0.15) is 31.2 Å². The topological polar surface area (TPSA) is 68.9 Å². The monoisotopic (exact) mass is 418 g/mol. The predicted molar refractivity (Wildman–Crippen MR) is 106 cm³/mol. The van der Waals surface area contributed by atoms with E-state index in [2.05, 4.69) is 10.4 Å². The SMILES string of the molecule is Cn1nc(-c2ccccc2)c2c(C(F)(F)F)cc(=O)n(CC(=O)NC3CCCC3)c21. The molecule has 0 unspecified atom stereocenters. The maximum absolute atomic E-state index is 13.8. The van der Waals surface area contributed by atoms with Crippen LogP contribution in [0.4, 0.5) is 13.2 Å². The number of carbonyl (C=O) groups is 1. The van der Waals surface area contributed by atoms with Crippen molar-refractivity contribution in [1.82, 2.24) is 19.7 Å². The first kappa shape index (κ1) is 20.2. The van der Waals surface area contributed by atoms with Crippen molar-refractivity contribution in [3.63, 3.8) is 0 Å². The number of alkyl halides is 3. The molecule has 1 aliphatic carbocycles. The van der Waals surface area contributed by atoms with E-state index in [1.807, 2.05) is 0 Å². The number of nitrogens with zero attached hydrogens (tertiary/aromatic N) is 3. The van der Waals surface area contributed by atoms with Gasteiger partial charge in [0.1, 0.15) is 17.9 Å². The zero-order valence-corrected chi connectivity index (χ0v) is 16.4. The fourth-order valence-corrected chi connectivity index (χ4v) is 4.11. The molecule has 6 nitrogen and oxygen atoms in total. The number of halogens is 3. The number of fused-ring (bicyclic) bond motifs is 1. The van der Waals surface area contributed by atoms with Crippen molar-refractivity contribution in [3.8, 4) is 11.3 Å². The van der Waals surface area contributed by atoms with Crippen LogP contribution in [0, 0.1) is 0 Å². The number of aryl methyl sites for hydroxylation is 1. The second-order valence-corrected chi connectivity index (χ2v) is 7.57. The van der Waals surface area contributed by atoms with E-state index in [0.29, 0.717) is 11.6 Å². The first-order valence-electron chi connectivity index (χ1n) is 9.78. The lowest BCUT2D eigenvalue weighted by Crippen LogP contribution is -2.38. The quantitative estimate of drug-likeness (QED) is 0.705. The molecule has 2 aromatic heterocycles. The Morgan fingerprint density at radius 2 is 1.87 bits per heavy atom. The molecule has 0 atom stereocenters. The minimum atomic E-state index is -4.74. The van der Waals surface area contributed by atoms with Gasteiger partial charge in [0, 0.05) is 24.7 Å². The summed E-state index contributed by atoms with van der Waals surface area (Å²) in [6.45, 7) is -0.363. The fourth-order valence-electron chi connectivity index (χ4n) is 4.11. The van der Waals surface area contributed by atoms with Crippen molar-refractivity contribution in [2.24, 2.45) is 7.05 Å². The van der Waals surface area contributed by atoms with Gasteiger partial charge >= 0.3 is 6.18 Å². The average molecular weight is 418 g/mol. The third-order valence-corrected chi connectivity index (χ3v) is 5.45. The highest BCUT2D eigenvalue weighted by Gasteiger charge is 2.37. The standard InChI is InChI=1S/C21H21F3N4O2/c1-27-20-18(19(26-27)13-7-3-2-4-8-13)15(21(22,23)24)11-17(30)28(20)12-16(29)25-14-9-5-6-10-14/h2-4,7-8,11,14H,5-6,9-10,12H2,1H3,(H,25,29). The largest absolute Gasteiger partial charge is 0.417 e. The van der Waals surface area contributed by atoms with E-state index < -0.39 is 23.2 Å². The van der Waals surface area contributed by atoms with E-state index in [-0.39, 0.29) is 29.3 Å². The molecule has 0 saturated heterocycles. The zero-order valence-electron chi connectivity index (χ0n) is 16.4. The minimum Gasteiger partial charge on any atom is -0.352 e. The van der Waals surface area contributed by atoms with Gasteiger partial charge in [0.15, 0.2) is 0 Å². The van der Waals surface area contributed by atoms with Gasteiger partial charge in [-0.3, -0.25) is 18.8 Å². The van der Waals surface area contributed by atoms with Crippen molar-refractivity contribution in [3.05, 3.63) is 52.3 Å². The van der Waals surface area contributed by atoms with Crippen molar-refractivity contribution in [1.29, 1.82) is 0 Å². The van der Waals surface area contributed by atoms with Crippen molar-refractivity contribution < 1.29 is 18.0 Å². The number of amides is 1. The van der Waals surface area contributed by atoms with Gasteiger partial charge in [0.05, 0.1) is 10.9 Å². The lowest BCUT2D eigenvalue weighted by atomic mass is 10.0. The van der Waals surface area contributed by atoms with Crippen LogP contribution in [0.25, 0.3) is 22.3 Å². The number of carbonyl (C=O) groups excluding carboxylic acids is 1. The van der Waals surface area contributed by atoms with Crippen LogP contribution in [0.2, 0.25) is 0 Å². The Hall–Kier alpha value is -3.10. The van der Waals surface area contributed by atoms with Gasteiger partial charge in [0.2, 0.25) is 5.91 Å². The summed E-state index contributed by atoms with van der Waals surface area (Å²) in [6, 6.07) is 9.07. The van der Waals surface area contributed by atoms with E-state index in [0.717, 1.165) is 30.3 Å². The highest BCUT2D eigenvalue weighted by Crippen LogP contribution is 2.38. The van der Waals surface area contributed by atoms with Crippen LogP contribution in [0.3, 0.4) is 0 Å². The van der Waals surface area contributed by atoms with Crippen LogP contribution in [-0.2, 0) is 24.6 Å². The second kappa shape index (κ2) is 7.62. The van der Waals surface area contributed by atoms with Crippen LogP contribution in [0.15, 0.2) is 41.2 Å². The van der Waals surface area contributed by atoms with Crippen molar-refractivity contribution >= 4 is 16.9 Å². The summed E-state index contributed by atoms with van der Waals surface area (Å²) in [5.41, 5.74) is -1.37. The summed E-state index contributed by atoms with van der Waals surface area (Å²) in [6.07, 6.45) is -0.954. The molecule has 2 heterocycles. The molecule has 9 heteroatoms. The average Bonchev–Trinajstić information content (AvgIpc) is 3.31. The Bertz CT molecular complexity index is 1140. The fraction of sp³-hybridized carbons (Fsp3) is 0.381. The van der Waals surface area contributed by atoms with Crippen LogP contribution >= 0.6 is 0 Å². The lowest BCUT2D eigenvalue weighted by Gasteiger charge is -2.16. The molecule has 1 N–H and O–H groups in total. The van der Waals surface area contributed by atoms with E-state index in [1.54, 1.807) is 30.3 Å². The molecule has 1 aliphatic rings. The molecule has 4 rings (SSSR count). The minimum absolute atomic E-state index is 0.0322. The highest BCUT2D eigenvalue weighted by atomic mass is 19.4. The zero-order chi connectivity index (χ0) is 21.5. The Balaban J connectivity index is 1.87. The lowest BCUT2D eigenvalue weighted by molar-refractivity contribution is -0.136. The number of aromatic nitrogens is 3. The van der Waals surface area contributed by atoms with Gasteiger partial charge in [-0.25, -0.2) is 0 Å². The molecular formula is C21H21F3N4O2. The Kier molecular flexibility index (Phi) is 5.13. The third-order valence-electron chi connectivity index (χ3n) is 5.45. The van der Waals surface area contributed by atoms with Gasteiger partial charge in [-0.15, -0.1) is 0 Å². The molecule has 30 heavy (non-hydrogen) atoms. The van der Waals surface area contributed by atoms with Gasteiger partial charge in [-0.05, 0) is 12.8 Å². The van der Waals surface area contributed by atoms with Crippen LogP contribution in [0.5, 0.6) is 0 Å². The summed E-state index contributed by atoms with van der Waals surface area (Å²) in [5.74, 6) is -0.396. The summed E-state index contributed by atoms with van der Waals surface area (Å²) in [5, 5.41) is 6.95. The van der Waals surface area contributed by atoms with E-state index >= 15 is 0 Å². The number of rotatable bonds is 4. The smallest absolute Gasteiger partial charge is 0.352 e. The first-order chi connectivity index (χ1) is 14.3. The molecule has 1 aromatic carbocycles. The second-order valence-electron chi connectivity index (χ2n) is 7.57. The molecule has 0 aliphatic heterocycles. The van der Waals surface area contributed by atoms with Crippen LogP contribution < -0.4 is 10.9 Å². The number of nitrogens with one attached hydrogen (secondary N) is 1. The first-order valence-corrected chi connectivity index (χ1v) is 9.78. The molecule has 1 amide bonds. The molecule has 0 bridgehead atoms. The molecular weight excluding hydrogens is 397 g/mol. The maximum atomic E-state index is 13.8. The van der Waals surface area contributed by atoms with E-state index in [1.165, 1.54) is 11.7 Å². The Morgan fingerprint density at radius 1 is 1.20 bits per heavy atom. The Morgan fingerprint density at radius 3 is 2.50 bits per heavy atom. The van der Waals surface area contributed by atoms with Gasteiger partial charge < -0.3 is 5.32 Å². The van der Waals surface area contributed by atoms with Gasteiger partial charge in [-0.2, -0.15) is 18.3 Å². The number of hydrogen-bond donors (Lipinski definition) is 1. The van der Waals surface area contributed by atoms with E-state index in [9.17, 15) is 22.8 Å². The highest BCUT2D eigenvalue weighted by molar-refractivity contribution is 5.95. The van der Waals surface area contributed by atoms with Gasteiger partial charge in [-0.1, -0.05) is 43.2 Å². The summed E-state index contributed by atoms with van der Waals surface area (Å²) >= 11 is 0. The molecule has 0 radical (unpaired) electrons. The predicted octanol–water partition coefficient (Wildman–Crippen LogP) is 3.48. The third kappa shape index (κ3) is 3.71. The van der Waals surface area contributed by atoms with Crippen molar-refractivity contribution in [2.75, 3.05) is 0 Å².